The molecule has 0 fully saturated rings. The molecule has 104 valence electrons. The van der Waals surface area contributed by atoms with E-state index in [1.165, 1.54) is 12.0 Å². The second-order valence-corrected chi connectivity index (χ2v) is 4.81. The molecule has 0 saturated carbocycles. The van der Waals surface area contributed by atoms with Gasteiger partial charge in [0.25, 0.3) is 0 Å². The average molecular weight is 336 g/mol. The fourth-order valence-corrected chi connectivity index (χ4v) is 2.25. The molecule has 0 aromatic heterocycles. The first-order valence-electron chi connectivity index (χ1n) is 6.08. The Kier molecular flexibility index (Phi) is 4.74. The summed E-state index contributed by atoms with van der Waals surface area (Å²) >= 11 is 3.16. The smallest absolute Gasteiger partial charge is 0.310 e. The van der Waals surface area contributed by atoms with Crippen LogP contribution in [0.1, 0.15) is 6.42 Å². The number of methoxy groups -OCH3 is 1. The van der Waals surface area contributed by atoms with Crippen molar-refractivity contribution in [3.05, 3.63) is 47.0 Å². The van der Waals surface area contributed by atoms with Crippen LogP contribution in [0.15, 0.2) is 36.5 Å². The first-order chi connectivity index (χ1) is 9.65. The lowest BCUT2D eigenvalue weighted by atomic mass is 10.1. The highest BCUT2D eigenvalue weighted by Crippen LogP contribution is 2.08. The van der Waals surface area contributed by atoms with E-state index in [1.807, 2.05) is 24.3 Å². The highest BCUT2D eigenvalue weighted by molar-refractivity contribution is 9.09. The van der Waals surface area contributed by atoms with Gasteiger partial charge in [-0.05, 0) is 22.1 Å². The number of halogens is 1. The molecule has 0 unspecified atom stereocenters. The van der Waals surface area contributed by atoms with Crippen molar-refractivity contribution in [2.24, 2.45) is 0 Å². The van der Waals surface area contributed by atoms with Crippen LogP contribution >= 0.6 is 15.9 Å². The van der Waals surface area contributed by atoms with Gasteiger partial charge in [0.05, 0.1) is 18.9 Å². The monoisotopic (exact) mass is 335 g/mol. The maximum absolute atomic E-state index is 11.8. The summed E-state index contributed by atoms with van der Waals surface area (Å²) in [6.07, 6.45) is 5.38. The van der Waals surface area contributed by atoms with E-state index in [0.29, 0.717) is 0 Å². The van der Waals surface area contributed by atoms with E-state index in [-0.39, 0.29) is 23.6 Å². The molecule has 2 rings (SSSR count). The van der Waals surface area contributed by atoms with Crippen molar-refractivity contribution in [2.75, 3.05) is 12.4 Å². The minimum Gasteiger partial charge on any atom is -0.469 e. The first kappa shape index (κ1) is 14.5. The summed E-state index contributed by atoms with van der Waals surface area (Å²) in [6, 6.07) is 7.64. The lowest BCUT2D eigenvalue weighted by molar-refractivity contribution is -0.139. The van der Waals surface area contributed by atoms with Crippen LogP contribution in [0.3, 0.4) is 0 Å². The van der Waals surface area contributed by atoms with Crippen LogP contribution in [-0.4, -0.2) is 29.2 Å². The van der Waals surface area contributed by atoms with Crippen molar-refractivity contribution in [2.45, 2.75) is 6.42 Å². The summed E-state index contributed by atoms with van der Waals surface area (Å²) < 4.78 is 4.71. The molecule has 5 heteroatoms. The summed E-state index contributed by atoms with van der Waals surface area (Å²) in [5, 5.41) is 2.06. The first-order valence-corrected chi connectivity index (χ1v) is 7.20. The number of hydrogen-bond donors (Lipinski definition) is 0. The number of nitrogens with zero attached hydrogens (tertiary/aromatic N) is 1. The van der Waals surface area contributed by atoms with Gasteiger partial charge < -0.3 is 4.74 Å². The van der Waals surface area contributed by atoms with Crippen LogP contribution in [0, 0.1) is 0 Å². The van der Waals surface area contributed by atoms with Gasteiger partial charge in [-0.15, -0.1) is 0 Å². The number of benzene rings is 1. The number of allylic oxidation sites excluding steroid dienone is 1. The van der Waals surface area contributed by atoms with Crippen molar-refractivity contribution >= 4 is 39.6 Å². The van der Waals surface area contributed by atoms with Crippen molar-refractivity contribution in [1.29, 1.82) is 0 Å². The lowest BCUT2D eigenvalue weighted by Gasteiger charge is -2.10. The van der Waals surface area contributed by atoms with Crippen molar-refractivity contribution in [1.82, 2.24) is 4.90 Å². The molecule has 0 atom stereocenters. The van der Waals surface area contributed by atoms with Crippen LogP contribution in [0.4, 0.5) is 0 Å². The van der Waals surface area contributed by atoms with E-state index in [4.69, 9.17) is 4.74 Å². The normalized spacial score (nSPS) is 13.3. The molecule has 1 heterocycles. The quantitative estimate of drug-likeness (QED) is 0.608. The van der Waals surface area contributed by atoms with Gasteiger partial charge in [0.1, 0.15) is 0 Å². The van der Waals surface area contributed by atoms with E-state index < -0.39 is 0 Å². The van der Waals surface area contributed by atoms with Gasteiger partial charge in [-0.3, -0.25) is 14.5 Å². The molecule has 0 radical (unpaired) electrons. The highest BCUT2D eigenvalue weighted by Gasteiger charge is 2.11. The Labute approximate surface area is 125 Å². The zero-order valence-corrected chi connectivity index (χ0v) is 12.6. The minimum atomic E-state index is -0.306. The highest BCUT2D eigenvalue weighted by atomic mass is 79.9. The Bertz CT molecular complexity index is 679. The fourth-order valence-electron chi connectivity index (χ4n) is 1.96. The SMILES string of the molecule is COC(=O)CC1=c2ccccc2=CN(C(=O)CBr)C=C1. The standard InChI is InChI=1S/C15H14BrNO3/c1-20-15(19)8-11-6-7-17(14(18)9-16)10-12-4-2-3-5-13(11)12/h2-7,10H,8-9H2,1H3. The lowest BCUT2D eigenvalue weighted by Crippen LogP contribution is -2.30. The van der Waals surface area contributed by atoms with E-state index in [2.05, 4.69) is 15.9 Å². The largest absolute Gasteiger partial charge is 0.469 e. The van der Waals surface area contributed by atoms with Gasteiger partial charge in [0, 0.05) is 12.4 Å². The van der Waals surface area contributed by atoms with E-state index in [1.54, 1.807) is 18.5 Å². The molecular formula is C15H14BrNO3. The predicted molar refractivity (Wildman–Crippen MR) is 80.0 cm³/mol. The Hall–Kier alpha value is -1.88. The Balaban J connectivity index is 2.55. The van der Waals surface area contributed by atoms with Gasteiger partial charge >= 0.3 is 5.97 Å². The van der Waals surface area contributed by atoms with Crippen molar-refractivity contribution in [3.8, 4) is 0 Å². The van der Waals surface area contributed by atoms with Crippen LogP contribution < -0.4 is 10.4 Å². The number of amides is 1. The summed E-state index contributed by atoms with van der Waals surface area (Å²) in [6.45, 7) is 0. The Morgan fingerprint density at radius 1 is 1.30 bits per heavy atom. The van der Waals surface area contributed by atoms with Crippen LogP contribution in [0.5, 0.6) is 0 Å². The molecule has 4 nitrogen and oxygen atoms in total. The third kappa shape index (κ3) is 3.17. The molecule has 0 spiro atoms. The number of esters is 1. The van der Waals surface area contributed by atoms with Gasteiger partial charge in [-0.2, -0.15) is 0 Å². The minimum absolute atomic E-state index is 0.0737. The molecule has 1 aromatic carbocycles. The summed E-state index contributed by atoms with van der Waals surface area (Å²) in [5.74, 6) is -0.380. The van der Waals surface area contributed by atoms with E-state index in [9.17, 15) is 9.59 Å². The zero-order chi connectivity index (χ0) is 14.5. The number of hydrogen-bond acceptors (Lipinski definition) is 3. The molecule has 0 N–H and O–H groups in total. The molecule has 1 aliphatic rings. The van der Waals surface area contributed by atoms with Gasteiger partial charge in [0.2, 0.25) is 5.91 Å². The predicted octanol–water partition coefficient (Wildman–Crippen LogP) is 0.889. The van der Waals surface area contributed by atoms with E-state index >= 15 is 0 Å². The Morgan fingerprint density at radius 3 is 2.75 bits per heavy atom. The topological polar surface area (TPSA) is 46.6 Å². The molecular weight excluding hydrogens is 322 g/mol. The molecule has 0 bridgehead atoms. The number of fused-ring (bicyclic) bond motifs is 1. The average Bonchev–Trinajstić information content (AvgIpc) is 2.66. The van der Waals surface area contributed by atoms with Crippen molar-refractivity contribution in [3.63, 3.8) is 0 Å². The Morgan fingerprint density at radius 2 is 2.05 bits per heavy atom. The molecule has 20 heavy (non-hydrogen) atoms. The number of alkyl halides is 1. The van der Waals surface area contributed by atoms with Crippen molar-refractivity contribution < 1.29 is 14.3 Å². The molecule has 1 amide bonds. The molecule has 1 aromatic rings. The number of rotatable bonds is 3. The van der Waals surface area contributed by atoms with Gasteiger partial charge in [0.15, 0.2) is 0 Å². The number of carbonyl (C=O) groups excluding carboxylic acids is 2. The maximum Gasteiger partial charge on any atom is 0.310 e. The summed E-state index contributed by atoms with van der Waals surface area (Å²) in [7, 11) is 1.36. The molecule has 1 aliphatic heterocycles. The molecule has 0 saturated heterocycles. The van der Waals surface area contributed by atoms with E-state index in [0.717, 1.165) is 16.0 Å². The van der Waals surface area contributed by atoms with Gasteiger partial charge in [-0.1, -0.05) is 40.2 Å². The van der Waals surface area contributed by atoms with Crippen LogP contribution in [0.2, 0.25) is 0 Å². The second kappa shape index (κ2) is 6.52. The zero-order valence-electron chi connectivity index (χ0n) is 11.0. The van der Waals surface area contributed by atoms with Crippen LogP contribution in [0.25, 0.3) is 11.8 Å². The van der Waals surface area contributed by atoms with Crippen LogP contribution in [-0.2, 0) is 14.3 Å². The number of ether oxygens (including phenoxy) is 1. The fraction of sp³-hybridized carbons (Fsp3) is 0.200. The third-order valence-corrected chi connectivity index (χ3v) is 3.47. The second-order valence-electron chi connectivity index (χ2n) is 4.24. The third-order valence-electron chi connectivity index (χ3n) is 2.99. The summed E-state index contributed by atoms with van der Waals surface area (Å²) in [4.78, 5) is 24.8. The molecule has 0 aliphatic carbocycles. The maximum atomic E-state index is 11.8. The number of carbonyl (C=O) groups is 2. The van der Waals surface area contributed by atoms with Gasteiger partial charge in [-0.25, -0.2) is 0 Å². The summed E-state index contributed by atoms with van der Waals surface area (Å²) in [5.41, 5.74) is 0.827.